The van der Waals surface area contributed by atoms with Crippen molar-refractivity contribution in [1.29, 1.82) is 0 Å². The van der Waals surface area contributed by atoms with E-state index in [1.165, 1.54) is 36.9 Å². The van der Waals surface area contributed by atoms with E-state index in [-0.39, 0.29) is 10.7 Å². The molecule has 8 heteroatoms. The van der Waals surface area contributed by atoms with Crippen molar-refractivity contribution in [2.75, 3.05) is 11.9 Å². The van der Waals surface area contributed by atoms with E-state index in [4.69, 9.17) is 9.15 Å². The molecule has 0 radical (unpaired) electrons. The van der Waals surface area contributed by atoms with Gasteiger partial charge in [0.1, 0.15) is 5.75 Å². The molecule has 7 nitrogen and oxygen atoms in total. The van der Waals surface area contributed by atoms with Gasteiger partial charge in [0.05, 0.1) is 23.5 Å². The first-order valence-corrected chi connectivity index (χ1v) is 9.02. The first-order chi connectivity index (χ1) is 12.0. The Morgan fingerprint density at radius 3 is 2.88 bits per heavy atom. The molecule has 1 amide bonds. The number of furan rings is 1. The molecule has 0 fully saturated rings. The monoisotopic (exact) mass is 358 g/mol. The minimum absolute atomic E-state index is 0.147. The van der Waals surface area contributed by atoms with Crippen LogP contribution < -0.4 is 10.1 Å². The second-order valence-corrected chi connectivity index (χ2v) is 7.38. The Morgan fingerprint density at radius 1 is 1.20 bits per heavy atom. The zero-order valence-corrected chi connectivity index (χ0v) is 13.8. The molecule has 0 saturated carbocycles. The summed E-state index contributed by atoms with van der Waals surface area (Å²) in [7, 11) is -3.74. The number of carbonyl (C=O) groups is 1. The maximum atomic E-state index is 12.8. The molecule has 1 aliphatic heterocycles. The molecule has 0 bridgehead atoms. The summed E-state index contributed by atoms with van der Waals surface area (Å²) in [4.78, 5) is 12.1. The Bertz CT molecular complexity index is 1030. The first-order valence-electron chi connectivity index (χ1n) is 7.58. The zero-order chi connectivity index (χ0) is 17.4. The second-order valence-electron chi connectivity index (χ2n) is 5.53. The van der Waals surface area contributed by atoms with Crippen molar-refractivity contribution in [2.45, 2.75) is 11.3 Å². The number of hydrogen-bond donors (Lipinski definition) is 1. The van der Waals surface area contributed by atoms with E-state index in [2.05, 4.69) is 5.32 Å². The van der Waals surface area contributed by atoms with Gasteiger partial charge in [-0.2, -0.15) is 0 Å². The van der Waals surface area contributed by atoms with E-state index in [9.17, 15) is 13.2 Å². The lowest BCUT2D eigenvalue weighted by molar-refractivity contribution is 0.0996. The minimum Gasteiger partial charge on any atom is -0.493 e. The van der Waals surface area contributed by atoms with Crippen molar-refractivity contribution in [3.63, 3.8) is 0 Å². The number of ether oxygens (including phenoxy) is 1. The Labute approximate surface area is 143 Å². The number of carbonyl (C=O) groups excluding carboxylic acids is 1. The van der Waals surface area contributed by atoms with Gasteiger partial charge in [0.25, 0.3) is 15.9 Å². The van der Waals surface area contributed by atoms with Crippen LogP contribution in [0.25, 0.3) is 0 Å². The highest BCUT2D eigenvalue weighted by atomic mass is 32.2. The number of nitrogens with zero attached hydrogens (tertiary/aromatic N) is 1. The van der Waals surface area contributed by atoms with Crippen LogP contribution >= 0.6 is 0 Å². The third kappa shape index (κ3) is 2.80. The number of benzene rings is 1. The third-order valence-electron chi connectivity index (χ3n) is 3.91. The predicted octanol–water partition coefficient (Wildman–Crippen LogP) is 2.51. The molecule has 0 atom stereocenters. The summed E-state index contributed by atoms with van der Waals surface area (Å²) in [6, 6.07) is 9.43. The summed E-state index contributed by atoms with van der Waals surface area (Å²) in [6.07, 6.45) is 4.81. The average molecular weight is 358 g/mol. The fourth-order valence-corrected chi connectivity index (χ4v) is 3.89. The van der Waals surface area contributed by atoms with Gasteiger partial charge in [-0.3, -0.25) is 4.79 Å². The van der Waals surface area contributed by atoms with Gasteiger partial charge in [0, 0.05) is 18.8 Å². The van der Waals surface area contributed by atoms with Crippen molar-refractivity contribution < 1.29 is 22.4 Å². The summed E-state index contributed by atoms with van der Waals surface area (Å²) >= 11 is 0. The van der Waals surface area contributed by atoms with Crippen LogP contribution in [0, 0.1) is 0 Å². The maximum Gasteiger partial charge on any atom is 0.291 e. The van der Waals surface area contributed by atoms with Crippen molar-refractivity contribution in [3.05, 3.63) is 66.4 Å². The lowest BCUT2D eigenvalue weighted by Gasteiger charge is -2.07. The topological polar surface area (TPSA) is 90.5 Å². The van der Waals surface area contributed by atoms with Crippen LogP contribution in [-0.2, 0) is 16.4 Å². The van der Waals surface area contributed by atoms with Gasteiger partial charge in [0.2, 0.25) is 0 Å². The molecule has 4 rings (SSSR count). The number of nitrogens with one attached hydrogen (secondary N) is 1. The quantitative estimate of drug-likeness (QED) is 0.774. The second kappa shape index (κ2) is 5.82. The van der Waals surface area contributed by atoms with Gasteiger partial charge in [0.15, 0.2) is 5.76 Å². The number of rotatable bonds is 4. The highest BCUT2D eigenvalue weighted by Crippen LogP contribution is 2.28. The molecule has 0 aliphatic carbocycles. The Kier molecular flexibility index (Phi) is 3.61. The van der Waals surface area contributed by atoms with E-state index >= 15 is 0 Å². The molecule has 1 N–H and O–H groups in total. The van der Waals surface area contributed by atoms with E-state index in [1.807, 2.05) is 0 Å². The normalized spacial score (nSPS) is 13.3. The van der Waals surface area contributed by atoms with Crippen LogP contribution in [-0.4, -0.2) is 24.9 Å². The van der Waals surface area contributed by atoms with Crippen LogP contribution in [0.2, 0.25) is 0 Å². The Morgan fingerprint density at radius 2 is 2.08 bits per heavy atom. The van der Waals surface area contributed by atoms with Crippen molar-refractivity contribution >= 4 is 21.6 Å². The summed E-state index contributed by atoms with van der Waals surface area (Å²) in [5.41, 5.74) is 1.23. The smallest absolute Gasteiger partial charge is 0.291 e. The van der Waals surface area contributed by atoms with E-state index < -0.39 is 15.9 Å². The Hall–Kier alpha value is -3.00. The van der Waals surface area contributed by atoms with Gasteiger partial charge >= 0.3 is 0 Å². The van der Waals surface area contributed by atoms with Gasteiger partial charge in [-0.25, -0.2) is 12.4 Å². The first kappa shape index (κ1) is 15.5. The highest BCUT2D eigenvalue weighted by molar-refractivity contribution is 7.90. The third-order valence-corrected chi connectivity index (χ3v) is 5.54. The van der Waals surface area contributed by atoms with Crippen LogP contribution in [0.4, 0.5) is 5.69 Å². The van der Waals surface area contributed by atoms with Crippen molar-refractivity contribution in [2.24, 2.45) is 0 Å². The minimum atomic E-state index is -3.74. The summed E-state index contributed by atoms with van der Waals surface area (Å²) in [5, 5.41) is 2.59. The number of aromatic nitrogens is 1. The summed E-state index contributed by atoms with van der Waals surface area (Å²) in [5.74, 6) is 0.418. The molecule has 0 unspecified atom stereocenters. The van der Waals surface area contributed by atoms with Gasteiger partial charge in [-0.05, 0) is 42.0 Å². The fraction of sp³-hybridized carbons (Fsp3) is 0.118. The van der Waals surface area contributed by atoms with Crippen molar-refractivity contribution in [1.82, 2.24) is 3.97 Å². The molecule has 25 heavy (non-hydrogen) atoms. The zero-order valence-electron chi connectivity index (χ0n) is 13.0. The van der Waals surface area contributed by atoms with E-state index in [0.717, 1.165) is 15.3 Å². The average Bonchev–Trinajstić information content (AvgIpc) is 3.34. The fourth-order valence-electron chi connectivity index (χ4n) is 2.65. The molecule has 1 aliphatic rings. The number of hydrogen-bond acceptors (Lipinski definition) is 5. The lowest BCUT2D eigenvalue weighted by Crippen LogP contribution is -2.12. The molecule has 2 aromatic heterocycles. The molecule has 3 heterocycles. The van der Waals surface area contributed by atoms with Crippen LogP contribution in [0.5, 0.6) is 5.75 Å². The lowest BCUT2D eigenvalue weighted by atomic mass is 10.2. The SMILES string of the molecule is O=C(Nc1ccn(S(=O)(=O)c2ccc3c(c2)CCO3)c1)c1ccco1. The van der Waals surface area contributed by atoms with Crippen LogP contribution in [0.1, 0.15) is 16.1 Å². The van der Waals surface area contributed by atoms with Gasteiger partial charge in [-0.1, -0.05) is 0 Å². The highest BCUT2D eigenvalue weighted by Gasteiger charge is 2.21. The summed E-state index contributed by atoms with van der Waals surface area (Å²) < 4.78 is 37.0. The molecule has 3 aromatic rings. The maximum absolute atomic E-state index is 12.8. The molecule has 128 valence electrons. The van der Waals surface area contributed by atoms with Crippen LogP contribution in [0.15, 0.2) is 64.4 Å². The number of amides is 1. The van der Waals surface area contributed by atoms with Gasteiger partial charge in [-0.15, -0.1) is 0 Å². The number of anilines is 1. The molecular weight excluding hydrogens is 344 g/mol. The molecule has 0 spiro atoms. The summed E-state index contributed by atoms with van der Waals surface area (Å²) in [6.45, 7) is 0.561. The Balaban J connectivity index is 1.59. The van der Waals surface area contributed by atoms with E-state index in [0.29, 0.717) is 18.7 Å². The van der Waals surface area contributed by atoms with Crippen LogP contribution in [0.3, 0.4) is 0 Å². The standard InChI is InChI=1S/C17H14N2O5S/c20-17(16-2-1-8-23-16)18-13-5-7-19(11-13)25(21,22)14-3-4-15-12(10-14)6-9-24-15/h1-5,7-8,10-11H,6,9H2,(H,18,20). The molecule has 0 saturated heterocycles. The van der Waals surface area contributed by atoms with Gasteiger partial charge < -0.3 is 14.5 Å². The molecular formula is C17H14N2O5S. The van der Waals surface area contributed by atoms with E-state index in [1.54, 1.807) is 18.2 Å². The largest absolute Gasteiger partial charge is 0.493 e. The number of fused-ring (bicyclic) bond motifs is 1. The molecule has 1 aromatic carbocycles. The van der Waals surface area contributed by atoms with Crippen molar-refractivity contribution in [3.8, 4) is 5.75 Å². The predicted molar refractivity (Wildman–Crippen MR) is 89.3 cm³/mol.